The van der Waals surface area contributed by atoms with Crippen molar-refractivity contribution in [2.75, 3.05) is 145 Å². The Hall–Kier alpha value is -10.5. The van der Waals surface area contributed by atoms with Crippen molar-refractivity contribution in [1.29, 1.82) is 0 Å². The van der Waals surface area contributed by atoms with E-state index >= 15 is 0 Å². The second-order valence-corrected chi connectivity index (χ2v) is 37.5. The van der Waals surface area contributed by atoms with E-state index in [9.17, 15) is 107 Å². The Labute approximate surface area is 873 Å². The number of hydrogen-bond acceptors (Lipinski definition) is 27. The number of rotatable bonds is 101. The van der Waals surface area contributed by atoms with Crippen molar-refractivity contribution in [1.82, 2.24) is 48.7 Å². The number of aryl methyl sites for hydroxylation is 2. The Morgan fingerprint density at radius 3 is 1.02 bits per heavy atom. The van der Waals surface area contributed by atoms with Crippen molar-refractivity contribution in [2.45, 2.75) is 315 Å². The smallest absolute Gasteiger partial charge is 0.326 e. The zero-order chi connectivity index (χ0) is 107. The number of unbranched alkanes of at least 4 members (excludes halogenated alkanes) is 14. The average molecular weight is 2090 g/mol. The number of carboxylic acids is 4. The third-order valence-corrected chi connectivity index (χ3v) is 24.5. The molecule has 0 aromatic heterocycles. The van der Waals surface area contributed by atoms with Crippen LogP contribution in [0, 0.1) is 29.6 Å². The van der Waals surface area contributed by atoms with Crippen LogP contribution in [-0.4, -0.2) is 283 Å². The number of ketones is 6. The van der Waals surface area contributed by atoms with E-state index < -0.39 is 71.4 Å². The van der Waals surface area contributed by atoms with E-state index in [-0.39, 0.29) is 289 Å². The first-order valence-corrected chi connectivity index (χ1v) is 52.9. The van der Waals surface area contributed by atoms with Crippen LogP contribution in [0.2, 0.25) is 0 Å². The molecule has 0 fully saturated rings. The van der Waals surface area contributed by atoms with Gasteiger partial charge in [0, 0.05) is 152 Å². The van der Waals surface area contributed by atoms with Gasteiger partial charge >= 0.3 is 23.9 Å². The second kappa shape index (κ2) is 89.5. The first kappa shape index (κ1) is 134. The van der Waals surface area contributed by atoms with E-state index in [0.717, 1.165) is 76.2 Å². The first-order valence-electron chi connectivity index (χ1n) is 52.9. The highest BCUT2D eigenvalue weighted by atomic mass is 16.5. The molecule has 0 saturated heterocycles. The fourth-order valence-electron chi connectivity index (χ4n) is 15.6. The van der Waals surface area contributed by atoms with Crippen LogP contribution in [0.4, 0.5) is 0 Å². The summed E-state index contributed by atoms with van der Waals surface area (Å²) in [6, 6.07) is 17.9. The minimum atomic E-state index is -1.26. The molecule has 0 radical (unpaired) electrons. The highest BCUT2D eigenvalue weighted by Gasteiger charge is 2.30. The van der Waals surface area contributed by atoms with Crippen molar-refractivity contribution < 1.29 is 149 Å². The number of carbonyl (C=O) groups is 18. The maximum Gasteiger partial charge on any atom is 0.326 e. The van der Waals surface area contributed by atoms with Gasteiger partial charge in [-0.2, -0.15) is 0 Å². The number of aliphatic carboxylic acids is 4. The van der Waals surface area contributed by atoms with E-state index in [1.165, 1.54) is 18.1 Å². The molecule has 147 heavy (non-hydrogen) atoms. The Kier molecular flexibility index (Phi) is 81.9. The van der Waals surface area contributed by atoms with Crippen molar-refractivity contribution in [2.24, 2.45) is 29.6 Å². The summed E-state index contributed by atoms with van der Waals surface area (Å²) in [7, 11) is 0. The van der Waals surface area contributed by atoms with Gasteiger partial charge in [0.05, 0.1) is 77.9 Å². The Balaban J connectivity index is -0.0000540. The quantitative estimate of drug-likeness (QED) is 0.0216. The number of benzene rings is 2. The molecule has 0 saturated carbocycles. The molecule has 0 aliphatic heterocycles. The SMILES string of the molecule is C=C(CCCOCCOCC(=O)NCCOCCOCC(=O)NCCCC[C@H](CC(=O)[C@H](CCCCNC(=O)COCCOCCCC(=O)COCCOCCNC(=O)CC[C@H](NC(=O)CCCCCCCNC(=O)CC[C@H](CC(=O)CCCCCc1ccccc1)C(=O)O)C(=O)O)CC(=O)C(C)C)C(C)=O)CC[C@H](NC(=O)CCCCCCCNC(=O)CC[C@H](CC(=O)CCCCCc1ccccc1)C(=O)O)C(=O)O.N.[HH].[HH].[HH]. The lowest BCUT2D eigenvalue weighted by molar-refractivity contribution is -0.144. The van der Waals surface area contributed by atoms with E-state index in [0.29, 0.717) is 155 Å². The molecule has 0 aliphatic rings. The Morgan fingerprint density at radius 1 is 0.279 bits per heavy atom. The first-order chi connectivity index (χ1) is 70.3. The second-order valence-electron chi connectivity index (χ2n) is 37.5. The number of hydrogen-bond donors (Lipinski definition) is 13. The average Bonchev–Trinajstić information content (AvgIpc) is 0.883. The molecule has 2 aromatic rings. The van der Waals surface area contributed by atoms with Crippen LogP contribution >= 0.6 is 0 Å². The molecule has 6 atom stereocenters. The minimum absolute atomic E-state index is 0. The molecule has 15 N–H and O–H groups in total. The molecule has 0 aliphatic carbocycles. The standard InChI is InChI=1S/C108H172N8O30.H3N.3H2/c1-81(2)95(121)76-87(41-26-30-58-112-102(128)78-144-71-66-140-62-32-44-92(120)77-143-69-67-141-63-59-113-99(125)54-51-94(108(137)138)116-101(127)46-24-8-6-10-28-56-110-98(124)53-49-89(106(133)134)74-91(119)43-22-14-20-39-85-36-17-12-18-37-85)96(122)75-86(83(4)117)40-25-29-57-111-103(129)79-146-72-68-142-64-60-114-104(130)80-145-70-65-139-61-31-33-82(3)47-50-93(107(135)136)115-100(126)45-23-7-5-9-27-55-109-97(123)52-48-88(105(131)132)73-90(118)42-21-13-19-38-84-34-15-11-16-35-84;;;;/h11-12,15-18,34-37,81,86-89,93-94H,3,5-10,13-14,19-33,38-80H2,1-2,4H3,(H,109,123)(H,110,124)(H,111,129)(H,112,128)(H,113,125)(H,114,130)(H,115,126)(H,116,127)(H,131,132)(H,133,134)(H,135,136)(H,137,138);1H3;3*1H/t86-,87-,88-,89-,93+,94+;;;;/m1..../s1. The Morgan fingerprint density at radius 2 is 0.605 bits per heavy atom. The summed E-state index contributed by atoms with van der Waals surface area (Å²) in [5.74, 6) is -11.3. The summed E-state index contributed by atoms with van der Waals surface area (Å²) in [6.45, 7) is 12.5. The molecule has 0 spiro atoms. The predicted molar refractivity (Wildman–Crippen MR) is 558 cm³/mol. The van der Waals surface area contributed by atoms with Gasteiger partial charge in [-0.3, -0.25) is 76.7 Å². The molecule has 39 heteroatoms. The topological polar surface area (TPSA) is 593 Å². The van der Waals surface area contributed by atoms with E-state index in [1.807, 2.05) is 36.4 Å². The Bertz CT molecular complexity index is 4110. The summed E-state index contributed by atoms with van der Waals surface area (Å²) in [5, 5.41) is 60.3. The molecular weight excluding hydrogens is 1900 g/mol. The lowest BCUT2D eigenvalue weighted by Gasteiger charge is -2.20. The molecule has 2 rings (SSSR count). The van der Waals surface area contributed by atoms with Crippen molar-refractivity contribution in [3.63, 3.8) is 0 Å². The molecule has 2 aromatic carbocycles. The third kappa shape index (κ3) is 78.4. The molecule has 838 valence electrons. The summed E-state index contributed by atoms with van der Waals surface area (Å²) in [6.07, 6.45) is 20.2. The molecule has 0 unspecified atom stereocenters. The maximum atomic E-state index is 13.7. The molecule has 0 bridgehead atoms. The van der Waals surface area contributed by atoms with Crippen LogP contribution in [0.25, 0.3) is 0 Å². The summed E-state index contributed by atoms with van der Waals surface area (Å²) < 4.78 is 43.8. The zero-order valence-corrected chi connectivity index (χ0v) is 87.8. The lowest BCUT2D eigenvalue weighted by Crippen LogP contribution is -2.41. The van der Waals surface area contributed by atoms with E-state index in [2.05, 4.69) is 73.4 Å². The van der Waals surface area contributed by atoms with E-state index in [1.54, 1.807) is 13.8 Å². The van der Waals surface area contributed by atoms with Gasteiger partial charge in [0.2, 0.25) is 47.3 Å². The van der Waals surface area contributed by atoms with Crippen molar-refractivity contribution >= 4 is 106 Å². The number of carbonyl (C=O) groups excluding carboxylic acids is 14. The van der Waals surface area contributed by atoms with Crippen LogP contribution in [0.15, 0.2) is 72.8 Å². The van der Waals surface area contributed by atoms with Crippen LogP contribution in [-0.2, 0) is 137 Å². The van der Waals surface area contributed by atoms with E-state index in [4.69, 9.17) is 37.9 Å². The predicted octanol–water partition coefficient (Wildman–Crippen LogP) is 12.0. The van der Waals surface area contributed by atoms with Gasteiger partial charge < -0.3 is 107 Å². The van der Waals surface area contributed by atoms with Gasteiger partial charge in [0.15, 0.2) is 5.78 Å². The van der Waals surface area contributed by atoms with Gasteiger partial charge in [-0.15, -0.1) is 0 Å². The van der Waals surface area contributed by atoms with Gasteiger partial charge in [-0.05, 0) is 159 Å². The van der Waals surface area contributed by atoms with Crippen molar-refractivity contribution in [3.8, 4) is 0 Å². The molecule has 0 heterocycles. The number of ether oxygens (including phenoxy) is 8. The highest BCUT2D eigenvalue weighted by Crippen LogP contribution is 2.26. The minimum Gasteiger partial charge on any atom is -0.481 e. The van der Waals surface area contributed by atoms with Gasteiger partial charge in [-0.25, -0.2) is 9.59 Å². The van der Waals surface area contributed by atoms with Crippen LogP contribution < -0.4 is 48.7 Å². The summed E-state index contributed by atoms with van der Waals surface area (Å²) in [5.41, 5.74) is 3.31. The number of Topliss-reactive ketones (excluding diaryl/α,β-unsaturated/α-hetero) is 6. The number of amides is 8. The molecule has 8 amide bonds. The third-order valence-electron chi connectivity index (χ3n) is 24.5. The van der Waals surface area contributed by atoms with Crippen LogP contribution in [0.3, 0.4) is 0 Å². The van der Waals surface area contributed by atoms with Crippen molar-refractivity contribution in [3.05, 3.63) is 83.9 Å². The summed E-state index contributed by atoms with van der Waals surface area (Å²) >= 11 is 0. The largest absolute Gasteiger partial charge is 0.481 e. The van der Waals surface area contributed by atoms with Gasteiger partial charge in [-0.1, -0.05) is 151 Å². The lowest BCUT2D eigenvalue weighted by atomic mass is 9.83. The van der Waals surface area contributed by atoms with Crippen LogP contribution in [0.5, 0.6) is 0 Å². The zero-order valence-electron chi connectivity index (χ0n) is 87.8. The number of nitrogens with one attached hydrogen (secondary N) is 8. The number of allylic oxidation sites excluding steroid dienone is 1. The van der Waals surface area contributed by atoms with Gasteiger partial charge in [0.1, 0.15) is 67.4 Å². The fraction of sp³-hybridized carbons (Fsp3) is 0.704. The summed E-state index contributed by atoms with van der Waals surface area (Å²) in [4.78, 5) is 224. The fourth-order valence-corrected chi connectivity index (χ4v) is 15.6. The highest BCUT2D eigenvalue weighted by molar-refractivity contribution is 5.92. The normalized spacial score (nSPS) is 12.4. The van der Waals surface area contributed by atoms with Gasteiger partial charge in [0.25, 0.3) is 0 Å². The molecule has 39 nitrogen and oxygen atoms in total. The number of carboxylic acid groups (broad SMARTS) is 4. The monoisotopic (exact) mass is 2080 g/mol. The molecular formula is C108H181N9O30. The van der Waals surface area contributed by atoms with Crippen LogP contribution in [0.1, 0.15) is 306 Å². The maximum absolute atomic E-state index is 13.7.